The normalized spacial score (nSPS) is 20.8. The monoisotopic (exact) mass is 450 g/mol. The zero-order chi connectivity index (χ0) is 23.0. The zero-order valence-corrected chi connectivity index (χ0v) is 18.2. The molecule has 5 rings (SSSR count). The number of hydrogen-bond donors (Lipinski definition) is 1. The van der Waals surface area contributed by atoms with Crippen LogP contribution in [-0.2, 0) is 15.3 Å². The summed E-state index contributed by atoms with van der Waals surface area (Å²) in [7, 11) is 1.62. The fourth-order valence-electron chi connectivity index (χ4n) is 4.10. The highest BCUT2D eigenvalue weighted by atomic mass is 19.1. The molecule has 0 saturated carbocycles. The van der Waals surface area contributed by atoms with Crippen LogP contribution in [0, 0.1) is 12.7 Å². The summed E-state index contributed by atoms with van der Waals surface area (Å²) in [6, 6.07) is 11.6. The molecule has 3 aromatic rings. The fourth-order valence-corrected chi connectivity index (χ4v) is 4.10. The summed E-state index contributed by atoms with van der Waals surface area (Å²) in [5.74, 6) is 1.28. The van der Waals surface area contributed by atoms with Crippen LogP contribution in [0.3, 0.4) is 0 Å². The number of aromatic nitrogens is 2. The molecule has 0 bridgehead atoms. The lowest BCUT2D eigenvalue weighted by Crippen LogP contribution is -2.52. The first-order chi connectivity index (χ1) is 16.0. The quantitative estimate of drug-likeness (QED) is 0.643. The van der Waals surface area contributed by atoms with Crippen molar-refractivity contribution in [3.05, 3.63) is 83.4 Å². The molecule has 0 spiro atoms. The van der Waals surface area contributed by atoms with Crippen LogP contribution in [0.4, 0.5) is 4.39 Å². The van der Waals surface area contributed by atoms with E-state index in [1.165, 1.54) is 12.1 Å². The number of fused-ring (bicyclic) bond motifs is 1. The smallest absolute Gasteiger partial charge is 0.260 e. The number of morpholine rings is 1. The van der Waals surface area contributed by atoms with Crippen molar-refractivity contribution in [1.29, 1.82) is 0 Å². The van der Waals surface area contributed by atoms with Gasteiger partial charge in [0.1, 0.15) is 24.8 Å². The Bertz CT molecular complexity index is 1240. The van der Waals surface area contributed by atoms with Gasteiger partial charge in [-0.15, -0.1) is 0 Å². The Labute approximate surface area is 190 Å². The Morgan fingerprint density at radius 3 is 2.76 bits per heavy atom. The van der Waals surface area contributed by atoms with E-state index < -0.39 is 5.72 Å². The molecule has 3 heterocycles. The molecule has 1 saturated heterocycles. The summed E-state index contributed by atoms with van der Waals surface area (Å²) in [6.45, 7) is 2.40. The lowest BCUT2D eigenvalue weighted by atomic mass is 10.0. The molecule has 1 fully saturated rings. The van der Waals surface area contributed by atoms with E-state index >= 15 is 0 Å². The molecule has 33 heavy (non-hydrogen) atoms. The molecule has 2 aromatic carbocycles. The van der Waals surface area contributed by atoms with Gasteiger partial charge < -0.3 is 28.9 Å². The van der Waals surface area contributed by atoms with E-state index in [1.807, 2.05) is 46.9 Å². The number of rotatable bonds is 5. The van der Waals surface area contributed by atoms with Crippen LogP contribution in [-0.4, -0.2) is 52.3 Å². The van der Waals surface area contributed by atoms with Gasteiger partial charge in [-0.3, -0.25) is 0 Å². The van der Waals surface area contributed by atoms with Crippen LogP contribution in [0.1, 0.15) is 16.8 Å². The summed E-state index contributed by atoms with van der Waals surface area (Å²) in [6.07, 6.45) is 5.51. The fraction of sp³-hybridized carbons (Fsp3) is 0.250. The SMILES string of the molecule is COc1cc(/C=C2\OCCN3C2=NOC3(CO)c2ccc(F)cc2)ccc1-n1cnc(C)c1. The van der Waals surface area contributed by atoms with Crippen molar-refractivity contribution in [2.75, 3.05) is 26.9 Å². The molecule has 170 valence electrons. The number of nitrogens with zero attached hydrogens (tertiary/aromatic N) is 4. The average molecular weight is 450 g/mol. The second-order valence-corrected chi connectivity index (χ2v) is 7.82. The number of imidazole rings is 1. The third kappa shape index (κ3) is 3.60. The number of methoxy groups -OCH3 is 1. The molecule has 1 N–H and O–H groups in total. The topological polar surface area (TPSA) is 81.3 Å². The number of halogens is 1. The van der Waals surface area contributed by atoms with E-state index in [0.717, 1.165) is 16.9 Å². The molecule has 2 aliphatic rings. The van der Waals surface area contributed by atoms with Gasteiger partial charge in [-0.2, -0.15) is 0 Å². The van der Waals surface area contributed by atoms with E-state index in [4.69, 9.17) is 14.3 Å². The molecule has 1 atom stereocenters. The van der Waals surface area contributed by atoms with Crippen molar-refractivity contribution in [2.24, 2.45) is 5.16 Å². The highest BCUT2D eigenvalue weighted by Gasteiger charge is 2.50. The van der Waals surface area contributed by atoms with Gasteiger partial charge in [0, 0.05) is 11.8 Å². The second kappa shape index (κ2) is 8.25. The predicted octanol–water partition coefficient (Wildman–Crippen LogP) is 3.19. The third-order valence-electron chi connectivity index (χ3n) is 5.77. The first-order valence-corrected chi connectivity index (χ1v) is 10.5. The van der Waals surface area contributed by atoms with Gasteiger partial charge in [0.25, 0.3) is 5.72 Å². The molecule has 2 aliphatic heterocycles. The number of aryl methyl sites for hydroxylation is 1. The number of aliphatic hydroxyl groups excluding tert-OH is 1. The molecule has 1 unspecified atom stereocenters. The van der Waals surface area contributed by atoms with Crippen LogP contribution in [0.25, 0.3) is 11.8 Å². The van der Waals surface area contributed by atoms with Crippen molar-refractivity contribution in [1.82, 2.24) is 14.5 Å². The lowest BCUT2D eigenvalue weighted by molar-refractivity contribution is -0.141. The number of oxime groups is 1. The first-order valence-electron chi connectivity index (χ1n) is 10.5. The van der Waals surface area contributed by atoms with E-state index in [1.54, 1.807) is 25.6 Å². The van der Waals surface area contributed by atoms with Crippen molar-refractivity contribution in [2.45, 2.75) is 12.6 Å². The van der Waals surface area contributed by atoms with Crippen LogP contribution < -0.4 is 4.74 Å². The van der Waals surface area contributed by atoms with Gasteiger partial charge in [0.05, 0.1) is 31.4 Å². The van der Waals surface area contributed by atoms with Crippen molar-refractivity contribution in [3.8, 4) is 11.4 Å². The number of benzene rings is 2. The van der Waals surface area contributed by atoms with Gasteiger partial charge >= 0.3 is 0 Å². The number of amidine groups is 1. The van der Waals surface area contributed by atoms with E-state index in [9.17, 15) is 9.50 Å². The standard InChI is InChI=1S/C24H23FN4O4/c1-16-13-28(15-26-16)20-8-3-17(11-21(20)31-2)12-22-23-27-33-24(14-30,29(23)9-10-32-22)18-4-6-19(25)7-5-18/h3-8,11-13,15,30H,9-10,14H2,1-2H3/b22-12-. The van der Waals surface area contributed by atoms with Crippen LogP contribution in [0.15, 0.2) is 65.9 Å². The Morgan fingerprint density at radius 2 is 2.06 bits per heavy atom. The Kier molecular flexibility index (Phi) is 5.26. The van der Waals surface area contributed by atoms with Crippen LogP contribution in [0.5, 0.6) is 5.75 Å². The number of hydrogen-bond acceptors (Lipinski definition) is 7. The Morgan fingerprint density at radius 1 is 1.24 bits per heavy atom. The second-order valence-electron chi connectivity index (χ2n) is 7.82. The molecule has 8 nitrogen and oxygen atoms in total. The largest absolute Gasteiger partial charge is 0.495 e. The lowest BCUT2D eigenvalue weighted by Gasteiger charge is -2.38. The summed E-state index contributed by atoms with van der Waals surface area (Å²) < 4.78 is 26.8. The highest BCUT2D eigenvalue weighted by Crippen LogP contribution is 2.39. The van der Waals surface area contributed by atoms with Gasteiger partial charge in [0.15, 0.2) is 5.76 Å². The van der Waals surface area contributed by atoms with Crippen LogP contribution >= 0.6 is 0 Å². The van der Waals surface area contributed by atoms with Gasteiger partial charge in [0.2, 0.25) is 5.84 Å². The van der Waals surface area contributed by atoms with Crippen molar-refractivity contribution >= 4 is 11.9 Å². The van der Waals surface area contributed by atoms with Crippen molar-refractivity contribution in [3.63, 3.8) is 0 Å². The van der Waals surface area contributed by atoms with Gasteiger partial charge in [-0.05, 0) is 55.0 Å². The molecule has 0 aliphatic carbocycles. The number of ether oxygens (including phenoxy) is 2. The minimum Gasteiger partial charge on any atom is -0.495 e. The minimum absolute atomic E-state index is 0.355. The van der Waals surface area contributed by atoms with E-state index in [2.05, 4.69) is 10.1 Å². The number of aliphatic hydroxyl groups is 1. The summed E-state index contributed by atoms with van der Waals surface area (Å²) in [5.41, 5.74) is 1.99. The highest BCUT2D eigenvalue weighted by molar-refractivity contribution is 6.01. The van der Waals surface area contributed by atoms with E-state index in [-0.39, 0.29) is 12.4 Å². The molecule has 1 aromatic heterocycles. The maximum Gasteiger partial charge on any atom is 0.260 e. The molecule has 0 radical (unpaired) electrons. The maximum atomic E-state index is 13.4. The maximum absolute atomic E-state index is 13.4. The summed E-state index contributed by atoms with van der Waals surface area (Å²) in [4.78, 5) is 11.9. The molecular weight excluding hydrogens is 427 g/mol. The summed E-state index contributed by atoms with van der Waals surface area (Å²) in [5, 5.41) is 14.5. The average Bonchev–Trinajstić information content (AvgIpc) is 3.44. The minimum atomic E-state index is -1.23. The molecular formula is C24H23FN4O4. The third-order valence-corrected chi connectivity index (χ3v) is 5.77. The Balaban J connectivity index is 1.47. The molecule has 9 heteroatoms. The Hall–Kier alpha value is -3.85. The first kappa shape index (κ1) is 21.0. The van der Waals surface area contributed by atoms with Crippen molar-refractivity contribution < 1.29 is 23.8 Å². The zero-order valence-electron chi connectivity index (χ0n) is 18.2. The van der Waals surface area contributed by atoms with Gasteiger partial charge in [-0.25, -0.2) is 9.37 Å². The summed E-state index contributed by atoms with van der Waals surface area (Å²) >= 11 is 0. The van der Waals surface area contributed by atoms with Gasteiger partial charge in [-0.1, -0.05) is 11.2 Å². The molecule has 0 amide bonds. The van der Waals surface area contributed by atoms with E-state index in [0.29, 0.717) is 36.1 Å². The van der Waals surface area contributed by atoms with Crippen LogP contribution in [0.2, 0.25) is 0 Å². The predicted molar refractivity (Wildman–Crippen MR) is 119 cm³/mol.